The molecular formula is C18H20FN3O2. The second-order valence-electron chi connectivity index (χ2n) is 6.05. The Hall–Kier alpha value is -2.50. The number of aryl methyl sites for hydroxylation is 2. The number of carbonyl (C=O) groups is 1. The van der Waals surface area contributed by atoms with Crippen LogP contribution in [0.2, 0.25) is 0 Å². The maximum absolute atomic E-state index is 13.0. The van der Waals surface area contributed by atoms with Gasteiger partial charge in [0.1, 0.15) is 11.6 Å². The van der Waals surface area contributed by atoms with E-state index in [9.17, 15) is 14.0 Å². The van der Waals surface area contributed by atoms with E-state index in [2.05, 4.69) is 9.97 Å². The maximum Gasteiger partial charge on any atom is 0.254 e. The Labute approximate surface area is 139 Å². The molecule has 6 heteroatoms. The molecule has 0 bridgehead atoms. The quantitative estimate of drug-likeness (QED) is 0.936. The van der Waals surface area contributed by atoms with Crippen molar-refractivity contribution >= 4 is 5.91 Å². The van der Waals surface area contributed by atoms with Crippen molar-refractivity contribution < 1.29 is 9.18 Å². The van der Waals surface area contributed by atoms with Crippen molar-refractivity contribution in [2.45, 2.75) is 39.2 Å². The van der Waals surface area contributed by atoms with Crippen molar-refractivity contribution in [1.29, 1.82) is 0 Å². The van der Waals surface area contributed by atoms with Crippen LogP contribution in [0.3, 0.4) is 0 Å². The van der Waals surface area contributed by atoms with Gasteiger partial charge < -0.3 is 9.88 Å². The van der Waals surface area contributed by atoms with E-state index in [1.807, 2.05) is 6.92 Å². The van der Waals surface area contributed by atoms with E-state index in [0.29, 0.717) is 30.0 Å². The number of hydrogen-bond donors (Lipinski definition) is 1. The summed E-state index contributed by atoms with van der Waals surface area (Å²) in [5.74, 6) is 0.234. The average Bonchev–Trinajstić information content (AvgIpc) is 2.51. The standard InChI is InChI=1S/C18H20FN3O2/c1-3-16-20-11(2)14(18(24)21-16)10-17(23)22-9-8-15(22)12-4-6-13(19)7-5-12/h4-7,15H,3,8-10H2,1-2H3,(H,20,21,24)/t15-/m0/s1. The number of likely N-dealkylation sites (tertiary alicyclic amines) is 1. The summed E-state index contributed by atoms with van der Waals surface area (Å²) in [7, 11) is 0. The van der Waals surface area contributed by atoms with Gasteiger partial charge in [0.05, 0.1) is 12.5 Å². The molecule has 1 aromatic heterocycles. The summed E-state index contributed by atoms with van der Waals surface area (Å²) in [6.45, 7) is 4.32. The lowest BCUT2D eigenvalue weighted by Gasteiger charge is -2.41. The number of nitrogens with one attached hydrogen (secondary N) is 1. The van der Waals surface area contributed by atoms with Crippen LogP contribution in [0.15, 0.2) is 29.1 Å². The van der Waals surface area contributed by atoms with Gasteiger partial charge in [0, 0.05) is 24.2 Å². The molecular weight excluding hydrogens is 309 g/mol. The van der Waals surface area contributed by atoms with Gasteiger partial charge in [-0.3, -0.25) is 9.59 Å². The fourth-order valence-corrected chi connectivity index (χ4v) is 3.01. The lowest BCUT2D eigenvalue weighted by atomic mass is 9.93. The minimum Gasteiger partial charge on any atom is -0.335 e. The fraction of sp³-hybridized carbons (Fsp3) is 0.389. The summed E-state index contributed by atoms with van der Waals surface area (Å²) >= 11 is 0. The Bertz CT molecular complexity index is 814. The highest BCUT2D eigenvalue weighted by atomic mass is 19.1. The lowest BCUT2D eigenvalue weighted by Crippen LogP contribution is -2.46. The predicted molar refractivity (Wildman–Crippen MR) is 88.1 cm³/mol. The Kier molecular flexibility index (Phi) is 4.46. The fourth-order valence-electron chi connectivity index (χ4n) is 3.01. The number of nitrogens with zero attached hydrogens (tertiary/aromatic N) is 2. The van der Waals surface area contributed by atoms with Crippen LogP contribution in [0.4, 0.5) is 4.39 Å². The van der Waals surface area contributed by atoms with Gasteiger partial charge in [-0.1, -0.05) is 19.1 Å². The van der Waals surface area contributed by atoms with Gasteiger partial charge >= 0.3 is 0 Å². The molecule has 2 heterocycles. The third-order valence-corrected chi connectivity index (χ3v) is 4.53. The van der Waals surface area contributed by atoms with Gasteiger partial charge in [-0.2, -0.15) is 0 Å². The Balaban J connectivity index is 1.76. The molecule has 1 aliphatic heterocycles. The molecule has 0 aliphatic carbocycles. The van der Waals surface area contributed by atoms with Crippen molar-refractivity contribution in [2.75, 3.05) is 6.54 Å². The second-order valence-corrected chi connectivity index (χ2v) is 6.05. The van der Waals surface area contributed by atoms with Crippen molar-refractivity contribution in [3.05, 3.63) is 63.1 Å². The molecule has 1 saturated heterocycles. The molecule has 2 aromatic rings. The number of halogens is 1. The SMILES string of the molecule is CCc1nc(C)c(CC(=O)N2CC[C@H]2c2ccc(F)cc2)c(=O)[nH]1. The number of H-pyrrole nitrogens is 1. The van der Waals surface area contributed by atoms with E-state index in [1.54, 1.807) is 24.0 Å². The van der Waals surface area contributed by atoms with Gasteiger partial charge in [-0.25, -0.2) is 9.37 Å². The molecule has 1 aromatic carbocycles. The summed E-state index contributed by atoms with van der Waals surface area (Å²) in [5.41, 5.74) is 1.69. The first-order valence-corrected chi connectivity index (χ1v) is 8.13. The molecule has 24 heavy (non-hydrogen) atoms. The lowest BCUT2D eigenvalue weighted by molar-refractivity contribution is -0.138. The number of benzene rings is 1. The predicted octanol–water partition coefficient (Wildman–Crippen LogP) is 2.30. The van der Waals surface area contributed by atoms with Crippen LogP contribution in [-0.4, -0.2) is 27.3 Å². The number of rotatable bonds is 4. The van der Waals surface area contributed by atoms with Gasteiger partial charge in [-0.15, -0.1) is 0 Å². The molecule has 1 fully saturated rings. The first-order valence-electron chi connectivity index (χ1n) is 8.13. The van der Waals surface area contributed by atoms with Crippen molar-refractivity contribution in [3.63, 3.8) is 0 Å². The van der Waals surface area contributed by atoms with Crippen LogP contribution < -0.4 is 5.56 Å². The van der Waals surface area contributed by atoms with Crippen molar-refractivity contribution in [2.24, 2.45) is 0 Å². The van der Waals surface area contributed by atoms with Gasteiger partial charge in [0.25, 0.3) is 5.56 Å². The topological polar surface area (TPSA) is 66.1 Å². The number of carbonyl (C=O) groups excluding carboxylic acids is 1. The molecule has 1 aliphatic rings. The van der Waals surface area contributed by atoms with E-state index in [4.69, 9.17) is 0 Å². The molecule has 126 valence electrons. The molecule has 0 saturated carbocycles. The van der Waals surface area contributed by atoms with Crippen LogP contribution in [0, 0.1) is 12.7 Å². The van der Waals surface area contributed by atoms with Crippen molar-refractivity contribution in [1.82, 2.24) is 14.9 Å². The Morgan fingerprint density at radius 2 is 2.08 bits per heavy atom. The summed E-state index contributed by atoms with van der Waals surface area (Å²) < 4.78 is 13.0. The van der Waals surface area contributed by atoms with Crippen LogP contribution in [-0.2, 0) is 17.6 Å². The molecule has 0 spiro atoms. The van der Waals surface area contributed by atoms with E-state index >= 15 is 0 Å². The van der Waals surface area contributed by atoms with Gasteiger partial charge in [0.2, 0.25) is 5.91 Å². The summed E-state index contributed by atoms with van der Waals surface area (Å²) in [6.07, 6.45) is 1.53. The molecule has 1 N–H and O–H groups in total. The zero-order valence-corrected chi connectivity index (χ0v) is 13.8. The molecule has 5 nitrogen and oxygen atoms in total. The van der Waals surface area contributed by atoms with Gasteiger partial charge in [0.15, 0.2) is 0 Å². The largest absolute Gasteiger partial charge is 0.335 e. The summed E-state index contributed by atoms with van der Waals surface area (Å²) in [4.78, 5) is 33.5. The molecule has 3 rings (SSSR count). The normalized spacial score (nSPS) is 16.8. The Morgan fingerprint density at radius 1 is 1.38 bits per heavy atom. The number of aromatic amines is 1. The zero-order chi connectivity index (χ0) is 17.3. The van der Waals surface area contributed by atoms with E-state index in [-0.39, 0.29) is 29.7 Å². The summed E-state index contributed by atoms with van der Waals surface area (Å²) in [6, 6.07) is 6.17. The highest BCUT2D eigenvalue weighted by molar-refractivity contribution is 5.80. The van der Waals surface area contributed by atoms with Crippen LogP contribution >= 0.6 is 0 Å². The maximum atomic E-state index is 13.0. The van der Waals surface area contributed by atoms with E-state index in [1.165, 1.54) is 12.1 Å². The van der Waals surface area contributed by atoms with Crippen molar-refractivity contribution in [3.8, 4) is 0 Å². The number of aromatic nitrogens is 2. The van der Waals surface area contributed by atoms with Crippen LogP contribution in [0.1, 0.15) is 42.0 Å². The van der Waals surface area contributed by atoms with E-state index < -0.39 is 0 Å². The highest BCUT2D eigenvalue weighted by Crippen LogP contribution is 2.33. The third kappa shape index (κ3) is 3.09. The minimum absolute atomic E-state index is 0.0376. The Morgan fingerprint density at radius 3 is 2.62 bits per heavy atom. The second kappa shape index (κ2) is 6.55. The first kappa shape index (κ1) is 16.4. The molecule has 1 atom stereocenters. The molecule has 0 radical (unpaired) electrons. The number of amides is 1. The van der Waals surface area contributed by atoms with E-state index in [0.717, 1.165) is 12.0 Å². The number of hydrogen-bond acceptors (Lipinski definition) is 3. The van der Waals surface area contributed by atoms with Crippen LogP contribution in [0.25, 0.3) is 0 Å². The van der Waals surface area contributed by atoms with Crippen LogP contribution in [0.5, 0.6) is 0 Å². The first-order chi connectivity index (χ1) is 11.5. The molecule has 1 amide bonds. The smallest absolute Gasteiger partial charge is 0.254 e. The van der Waals surface area contributed by atoms with Gasteiger partial charge in [-0.05, 0) is 31.0 Å². The third-order valence-electron chi connectivity index (χ3n) is 4.53. The highest BCUT2D eigenvalue weighted by Gasteiger charge is 2.33. The zero-order valence-electron chi connectivity index (χ0n) is 13.8. The molecule has 0 unspecified atom stereocenters. The minimum atomic E-state index is -0.291. The monoisotopic (exact) mass is 329 g/mol. The average molecular weight is 329 g/mol. The summed E-state index contributed by atoms with van der Waals surface area (Å²) in [5, 5.41) is 0.